The molecule has 1 saturated carbocycles. The van der Waals surface area contributed by atoms with E-state index in [1.54, 1.807) is 6.07 Å². The van der Waals surface area contributed by atoms with E-state index in [0.29, 0.717) is 12.5 Å². The molecule has 1 aliphatic carbocycles. The molecule has 1 aliphatic rings. The van der Waals surface area contributed by atoms with Crippen LogP contribution in [-0.2, 0) is 6.54 Å². The second-order valence-electron chi connectivity index (χ2n) is 5.55. The van der Waals surface area contributed by atoms with Crippen LogP contribution in [0.25, 0.3) is 0 Å². The predicted molar refractivity (Wildman–Crippen MR) is 74.3 cm³/mol. The molecular formula is C16H19FN2. The van der Waals surface area contributed by atoms with Gasteiger partial charge in [0.2, 0.25) is 0 Å². The maximum absolute atomic E-state index is 13.3. The van der Waals surface area contributed by atoms with Gasteiger partial charge in [-0.2, -0.15) is 0 Å². The molecular weight excluding hydrogens is 239 g/mol. The Morgan fingerprint density at radius 1 is 1.37 bits per heavy atom. The molecule has 3 rings (SSSR count). The fourth-order valence-corrected chi connectivity index (χ4v) is 2.49. The highest BCUT2D eigenvalue weighted by atomic mass is 19.1. The molecule has 2 N–H and O–H groups in total. The van der Waals surface area contributed by atoms with E-state index in [1.165, 1.54) is 24.5 Å². The van der Waals surface area contributed by atoms with E-state index in [2.05, 4.69) is 16.8 Å². The van der Waals surface area contributed by atoms with E-state index in [9.17, 15) is 4.39 Å². The summed E-state index contributed by atoms with van der Waals surface area (Å²) in [6, 6.07) is 7.18. The highest BCUT2D eigenvalue weighted by molar-refractivity contribution is 5.27. The summed E-state index contributed by atoms with van der Waals surface area (Å²) in [5.41, 5.74) is 9.51. The monoisotopic (exact) mass is 258 g/mol. The van der Waals surface area contributed by atoms with Crippen LogP contribution in [0.3, 0.4) is 0 Å². The zero-order valence-electron chi connectivity index (χ0n) is 11.1. The quantitative estimate of drug-likeness (QED) is 0.895. The molecule has 1 aromatic heterocycles. The minimum Gasteiger partial charge on any atom is -0.350 e. The van der Waals surface area contributed by atoms with Crippen LogP contribution in [0.4, 0.5) is 4.39 Å². The second-order valence-corrected chi connectivity index (χ2v) is 5.55. The van der Waals surface area contributed by atoms with Crippen LogP contribution in [0.5, 0.6) is 0 Å². The highest BCUT2D eigenvalue weighted by Gasteiger charge is 2.29. The standard InChI is InChI=1S/C16H19FN2/c1-11-2-5-15(17)8-14(11)10-19-7-6-13(9-19)16(18)12-3-4-12/h2,5-9,12,16H,3-4,10,18H2,1H3. The average molecular weight is 258 g/mol. The van der Waals surface area contributed by atoms with Crippen molar-refractivity contribution in [3.63, 3.8) is 0 Å². The molecule has 2 aromatic rings. The van der Waals surface area contributed by atoms with E-state index in [-0.39, 0.29) is 11.9 Å². The molecule has 0 bridgehead atoms. The molecule has 19 heavy (non-hydrogen) atoms. The predicted octanol–water partition coefficient (Wildman–Crippen LogP) is 3.39. The Hall–Kier alpha value is -1.61. The van der Waals surface area contributed by atoms with Gasteiger partial charge in [-0.15, -0.1) is 0 Å². The Bertz CT molecular complexity index is 584. The fourth-order valence-electron chi connectivity index (χ4n) is 2.49. The van der Waals surface area contributed by atoms with Crippen molar-refractivity contribution in [2.24, 2.45) is 11.7 Å². The van der Waals surface area contributed by atoms with E-state index < -0.39 is 0 Å². The second kappa shape index (κ2) is 4.82. The summed E-state index contributed by atoms with van der Waals surface area (Å²) in [7, 11) is 0. The molecule has 1 aromatic carbocycles. The number of nitrogens with two attached hydrogens (primary N) is 1. The average Bonchev–Trinajstić information content (AvgIpc) is 3.13. The first-order valence-electron chi connectivity index (χ1n) is 6.80. The summed E-state index contributed by atoms with van der Waals surface area (Å²) >= 11 is 0. The van der Waals surface area contributed by atoms with Crippen molar-refractivity contribution in [2.45, 2.75) is 32.4 Å². The number of halogens is 1. The Balaban J connectivity index is 1.77. The maximum Gasteiger partial charge on any atom is 0.123 e. The molecule has 0 spiro atoms. The van der Waals surface area contributed by atoms with Gasteiger partial charge < -0.3 is 10.3 Å². The number of benzene rings is 1. The topological polar surface area (TPSA) is 30.9 Å². The molecule has 1 unspecified atom stereocenters. The van der Waals surface area contributed by atoms with Gasteiger partial charge in [-0.1, -0.05) is 6.07 Å². The van der Waals surface area contributed by atoms with Crippen molar-refractivity contribution < 1.29 is 4.39 Å². The Kier molecular flexibility index (Phi) is 3.15. The van der Waals surface area contributed by atoms with Crippen LogP contribution in [0.2, 0.25) is 0 Å². The molecule has 2 nitrogen and oxygen atoms in total. The number of aryl methyl sites for hydroxylation is 1. The number of hydrogen-bond acceptors (Lipinski definition) is 1. The molecule has 0 amide bonds. The van der Waals surface area contributed by atoms with Crippen molar-refractivity contribution in [2.75, 3.05) is 0 Å². The lowest BCUT2D eigenvalue weighted by Crippen LogP contribution is -2.11. The van der Waals surface area contributed by atoms with Gasteiger partial charge in [-0.3, -0.25) is 0 Å². The molecule has 0 saturated heterocycles. The lowest BCUT2D eigenvalue weighted by atomic mass is 10.1. The SMILES string of the molecule is Cc1ccc(F)cc1Cn1ccc(C(N)C2CC2)c1. The first-order chi connectivity index (χ1) is 9.13. The fraction of sp³-hybridized carbons (Fsp3) is 0.375. The van der Waals surface area contributed by atoms with Gasteiger partial charge in [0.1, 0.15) is 5.82 Å². The van der Waals surface area contributed by atoms with Crippen molar-refractivity contribution in [3.05, 3.63) is 59.2 Å². The lowest BCUT2D eigenvalue weighted by Gasteiger charge is -2.09. The zero-order valence-corrected chi connectivity index (χ0v) is 11.1. The third-order valence-electron chi connectivity index (χ3n) is 3.95. The molecule has 3 heteroatoms. The van der Waals surface area contributed by atoms with E-state index >= 15 is 0 Å². The zero-order chi connectivity index (χ0) is 13.4. The smallest absolute Gasteiger partial charge is 0.123 e. The number of rotatable bonds is 4. The third kappa shape index (κ3) is 2.71. The summed E-state index contributed by atoms with van der Waals surface area (Å²) in [4.78, 5) is 0. The van der Waals surface area contributed by atoms with Crippen LogP contribution in [0.15, 0.2) is 36.7 Å². The third-order valence-corrected chi connectivity index (χ3v) is 3.95. The minimum atomic E-state index is -0.178. The van der Waals surface area contributed by atoms with Crippen molar-refractivity contribution >= 4 is 0 Å². The normalized spacial score (nSPS) is 16.6. The van der Waals surface area contributed by atoms with Gasteiger partial charge in [-0.25, -0.2) is 4.39 Å². The molecule has 1 fully saturated rings. The Morgan fingerprint density at radius 3 is 2.89 bits per heavy atom. The van der Waals surface area contributed by atoms with Gasteiger partial charge in [0, 0.05) is 25.0 Å². The molecule has 1 atom stereocenters. The molecule has 1 heterocycles. The number of aromatic nitrogens is 1. The van der Waals surface area contributed by atoms with Crippen LogP contribution >= 0.6 is 0 Å². The van der Waals surface area contributed by atoms with Crippen LogP contribution in [-0.4, -0.2) is 4.57 Å². The summed E-state index contributed by atoms with van der Waals surface area (Å²) in [6.45, 7) is 2.70. The summed E-state index contributed by atoms with van der Waals surface area (Å²) in [5, 5.41) is 0. The molecule has 0 aliphatic heterocycles. The summed E-state index contributed by atoms with van der Waals surface area (Å²) < 4.78 is 15.4. The van der Waals surface area contributed by atoms with Crippen LogP contribution in [0.1, 0.15) is 35.6 Å². The van der Waals surface area contributed by atoms with Gasteiger partial charge in [0.15, 0.2) is 0 Å². The van der Waals surface area contributed by atoms with E-state index in [0.717, 1.165) is 11.1 Å². The van der Waals surface area contributed by atoms with E-state index in [1.807, 2.05) is 19.2 Å². The van der Waals surface area contributed by atoms with Crippen molar-refractivity contribution in [1.82, 2.24) is 4.57 Å². The van der Waals surface area contributed by atoms with Crippen LogP contribution < -0.4 is 5.73 Å². The number of hydrogen-bond donors (Lipinski definition) is 1. The van der Waals surface area contributed by atoms with Gasteiger partial charge in [-0.05, 0) is 60.6 Å². The largest absolute Gasteiger partial charge is 0.350 e. The summed E-state index contributed by atoms with van der Waals surface area (Å²) in [6.07, 6.45) is 6.61. The van der Waals surface area contributed by atoms with Gasteiger partial charge >= 0.3 is 0 Å². The van der Waals surface area contributed by atoms with E-state index in [4.69, 9.17) is 5.73 Å². The first-order valence-corrected chi connectivity index (χ1v) is 6.80. The molecule has 100 valence electrons. The van der Waals surface area contributed by atoms with Gasteiger partial charge in [0.25, 0.3) is 0 Å². The maximum atomic E-state index is 13.3. The first kappa shape index (κ1) is 12.4. The molecule has 0 radical (unpaired) electrons. The Labute approximate surface area is 113 Å². The highest BCUT2D eigenvalue weighted by Crippen LogP contribution is 2.39. The minimum absolute atomic E-state index is 0.162. The Morgan fingerprint density at radius 2 is 2.16 bits per heavy atom. The van der Waals surface area contributed by atoms with Crippen molar-refractivity contribution in [3.8, 4) is 0 Å². The summed E-state index contributed by atoms with van der Waals surface area (Å²) in [5.74, 6) is 0.481. The van der Waals surface area contributed by atoms with Crippen LogP contribution in [0, 0.1) is 18.7 Å². The number of nitrogens with zero attached hydrogens (tertiary/aromatic N) is 1. The van der Waals surface area contributed by atoms with Crippen molar-refractivity contribution in [1.29, 1.82) is 0 Å². The van der Waals surface area contributed by atoms with Gasteiger partial charge in [0.05, 0.1) is 0 Å². The lowest BCUT2D eigenvalue weighted by molar-refractivity contribution is 0.621.